The van der Waals surface area contributed by atoms with Crippen LogP contribution in [0.5, 0.6) is 0 Å². The molecule has 6 nitrogen and oxygen atoms in total. The Hall–Kier alpha value is -2.08. The van der Waals surface area contributed by atoms with Crippen molar-refractivity contribution in [1.82, 2.24) is 5.32 Å². The second-order valence-corrected chi connectivity index (χ2v) is 5.58. The van der Waals surface area contributed by atoms with Crippen LogP contribution in [0.2, 0.25) is 0 Å². The maximum Gasteiger partial charge on any atom is 0.323 e. The van der Waals surface area contributed by atoms with Gasteiger partial charge in [-0.2, -0.15) is 0 Å². The quantitative estimate of drug-likeness (QED) is 0.657. The number of rotatable bonds is 10. The van der Waals surface area contributed by atoms with E-state index < -0.39 is 18.0 Å². The number of carbonyl (C=O) groups is 2. The Labute approximate surface area is 144 Å². The third-order valence-corrected chi connectivity index (χ3v) is 3.50. The molecule has 0 bridgehead atoms. The Morgan fingerprint density at radius 3 is 2.25 bits per heavy atom. The van der Waals surface area contributed by atoms with Gasteiger partial charge >= 0.3 is 11.9 Å². The molecule has 0 radical (unpaired) electrons. The van der Waals surface area contributed by atoms with E-state index in [1.54, 1.807) is 13.8 Å². The van der Waals surface area contributed by atoms with Crippen LogP contribution in [0.4, 0.5) is 5.69 Å². The minimum absolute atomic E-state index is 0.0216. The predicted molar refractivity (Wildman–Crippen MR) is 94.1 cm³/mol. The summed E-state index contributed by atoms with van der Waals surface area (Å²) >= 11 is 0. The van der Waals surface area contributed by atoms with E-state index in [9.17, 15) is 9.59 Å². The van der Waals surface area contributed by atoms with Crippen LogP contribution in [0.1, 0.15) is 25.8 Å². The highest BCUT2D eigenvalue weighted by Crippen LogP contribution is 2.12. The first-order chi connectivity index (χ1) is 11.5. The van der Waals surface area contributed by atoms with Gasteiger partial charge in [-0.15, -0.1) is 0 Å². The van der Waals surface area contributed by atoms with Crippen molar-refractivity contribution in [2.75, 3.05) is 38.8 Å². The van der Waals surface area contributed by atoms with Crippen LogP contribution in [-0.4, -0.2) is 51.8 Å². The fourth-order valence-corrected chi connectivity index (χ4v) is 2.22. The van der Waals surface area contributed by atoms with Crippen LogP contribution >= 0.6 is 0 Å². The zero-order chi connectivity index (χ0) is 17.9. The summed E-state index contributed by atoms with van der Waals surface area (Å²) in [6.07, 6.45) is 0.735. The molecule has 1 aromatic carbocycles. The van der Waals surface area contributed by atoms with Gasteiger partial charge in [0.2, 0.25) is 0 Å². The van der Waals surface area contributed by atoms with Gasteiger partial charge in [-0.25, -0.2) is 0 Å². The molecular formula is C18H28N2O4. The minimum atomic E-state index is -0.676. The third kappa shape index (κ3) is 7.00. The van der Waals surface area contributed by atoms with Gasteiger partial charge in [-0.05, 0) is 44.5 Å². The van der Waals surface area contributed by atoms with Gasteiger partial charge in [0.25, 0.3) is 0 Å². The van der Waals surface area contributed by atoms with Crippen LogP contribution in [0.3, 0.4) is 0 Å². The maximum atomic E-state index is 11.9. The highest BCUT2D eigenvalue weighted by Gasteiger charge is 2.23. The van der Waals surface area contributed by atoms with E-state index in [4.69, 9.17) is 9.47 Å². The van der Waals surface area contributed by atoms with Gasteiger partial charge in [0, 0.05) is 19.8 Å². The normalized spacial score (nSPS) is 11.7. The molecule has 24 heavy (non-hydrogen) atoms. The lowest BCUT2D eigenvalue weighted by atomic mass is 10.1. The molecule has 1 atom stereocenters. The monoisotopic (exact) mass is 336 g/mol. The number of benzene rings is 1. The molecule has 0 aliphatic rings. The van der Waals surface area contributed by atoms with Crippen molar-refractivity contribution in [3.05, 3.63) is 29.8 Å². The molecule has 1 aromatic rings. The first-order valence-corrected chi connectivity index (χ1v) is 8.29. The molecule has 0 saturated carbocycles. The highest BCUT2D eigenvalue weighted by molar-refractivity contribution is 5.82. The van der Waals surface area contributed by atoms with Crippen LogP contribution < -0.4 is 10.2 Å². The number of esters is 2. The van der Waals surface area contributed by atoms with Crippen LogP contribution in [0.15, 0.2) is 24.3 Å². The molecule has 0 saturated heterocycles. The summed E-state index contributed by atoms with van der Waals surface area (Å²) in [6.45, 7) is 4.64. The molecule has 134 valence electrons. The summed E-state index contributed by atoms with van der Waals surface area (Å²) in [5.74, 6) is -0.827. The Balaban J connectivity index is 2.53. The average molecular weight is 336 g/mol. The van der Waals surface area contributed by atoms with Crippen molar-refractivity contribution < 1.29 is 19.1 Å². The van der Waals surface area contributed by atoms with Crippen molar-refractivity contribution in [2.24, 2.45) is 0 Å². The number of nitrogens with one attached hydrogen (secondary N) is 1. The molecule has 0 fully saturated rings. The van der Waals surface area contributed by atoms with Crippen LogP contribution in [-0.2, 0) is 25.5 Å². The number of anilines is 1. The Kier molecular flexibility index (Phi) is 8.86. The van der Waals surface area contributed by atoms with Crippen molar-refractivity contribution in [3.63, 3.8) is 0 Å². The molecule has 0 aliphatic heterocycles. The topological polar surface area (TPSA) is 67.9 Å². The fraction of sp³-hybridized carbons (Fsp3) is 0.556. The summed E-state index contributed by atoms with van der Waals surface area (Å²) in [7, 11) is 3.99. The van der Waals surface area contributed by atoms with Gasteiger partial charge in [-0.1, -0.05) is 12.1 Å². The molecule has 0 amide bonds. The van der Waals surface area contributed by atoms with E-state index in [2.05, 4.69) is 29.6 Å². The van der Waals surface area contributed by atoms with Crippen molar-refractivity contribution in [2.45, 2.75) is 32.7 Å². The number of carbonyl (C=O) groups excluding carboxylic acids is 2. The van der Waals surface area contributed by atoms with Gasteiger partial charge in [0.05, 0.1) is 19.6 Å². The number of nitrogens with zero attached hydrogens (tertiary/aromatic N) is 1. The lowest BCUT2D eigenvalue weighted by molar-refractivity contribution is -0.152. The Morgan fingerprint density at radius 1 is 1.08 bits per heavy atom. The zero-order valence-corrected chi connectivity index (χ0v) is 15.0. The first kappa shape index (κ1) is 20.0. The summed E-state index contributed by atoms with van der Waals surface area (Å²) in [5.41, 5.74) is 2.30. The van der Waals surface area contributed by atoms with E-state index >= 15 is 0 Å². The van der Waals surface area contributed by atoms with Crippen molar-refractivity contribution >= 4 is 17.6 Å². The minimum Gasteiger partial charge on any atom is -0.466 e. The molecule has 1 N–H and O–H groups in total. The third-order valence-electron chi connectivity index (χ3n) is 3.50. The van der Waals surface area contributed by atoms with E-state index in [0.29, 0.717) is 13.2 Å². The molecule has 0 heterocycles. The summed E-state index contributed by atoms with van der Waals surface area (Å²) in [6, 6.07) is 7.54. The SMILES string of the molecule is CCOC(=O)CC(NCCc1ccc(N(C)C)cc1)C(=O)OCC. The average Bonchev–Trinajstić information content (AvgIpc) is 2.54. The number of ether oxygens (including phenoxy) is 2. The fourth-order valence-electron chi connectivity index (χ4n) is 2.22. The first-order valence-electron chi connectivity index (χ1n) is 8.29. The van der Waals surface area contributed by atoms with E-state index in [1.165, 1.54) is 0 Å². The van der Waals surface area contributed by atoms with Gasteiger partial charge in [0.1, 0.15) is 6.04 Å². The standard InChI is InChI=1S/C18H28N2O4/c1-5-23-17(21)13-16(18(22)24-6-2)19-12-11-14-7-9-15(10-8-14)20(3)4/h7-10,16,19H,5-6,11-13H2,1-4H3. The maximum absolute atomic E-state index is 11.9. The molecular weight excluding hydrogens is 308 g/mol. The van der Waals surface area contributed by atoms with Gasteiger partial charge in [0.15, 0.2) is 0 Å². The summed E-state index contributed by atoms with van der Waals surface area (Å²) in [5, 5.41) is 3.09. The predicted octanol–water partition coefficient (Wildman–Crippen LogP) is 1.77. The van der Waals surface area contributed by atoms with Crippen LogP contribution in [0, 0.1) is 0 Å². The molecule has 0 aromatic heterocycles. The molecule has 6 heteroatoms. The van der Waals surface area contributed by atoms with Crippen LogP contribution in [0.25, 0.3) is 0 Å². The second kappa shape index (κ2) is 10.6. The highest BCUT2D eigenvalue weighted by atomic mass is 16.5. The molecule has 0 spiro atoms. The van der Waals surface area contributed by atoms with E-state index in [-0.39, 0.29) is 13.0 Å². The number of hydrogen-bond acceptors (Lipinski definition) is 6. The van der Waals surface area contributed by atoms with E-state index in [0.717, 1.165) is 17.7 Å². The lowest BCUT2D eigenvalue weighted by Gasteiger charge is -2.17. The smallest absolute Gasteiger partial charge is 0.323 e. The lowest BCUT2D eigenvalue weighted by Crippen LogP contribution is -2.41. The summed E-state index contributed by atoms with van der Waals surface area (Å²) in [4.78, 5) is 25.6. The van der Waals surface area contributed by atoms with E-state index in [1.807, 2.05) is 19.0 Å². The number of hydrogen-bond donors (Lipinski definition) is 1. The Bertz CT molecular complexity index is 514. The Morgan fingerprint density at radius 2 is 1.71 bits per heavy atom. The zero-order valence-electron chi connectivity index (χ0n) is 15.0. The largest absolute Gasteiger partial charge is 0.466 e. The second-order valence-electron chi connectivity index (χ2n) is 5.58. The molecule has 1 rings (SSSR count). The van der Waals surface area contributed by atoms with Crippen molar-refractivity contribution in [3.8, 4) is 0 Å². The summed E-state index contributed by atoms with van der Waals surface area (Å²) < 4.78 is 9.92. The van der Waals surface area contributed by atoms with Gasteiger partial charge < -0.3 is 19.7 Å². The van der Waals surface area contributed by atoms with Gasteiger partial charge in [-0.3, -0.25) is 9.59 Å². The molecule has 0 aliphatic carbocycles. The van der Waals surface area contributed by atoms with Crippen molar-refractivity contribution in [1.29, 1.82) is 0 Å². The molecule has 1 unspecified atom stereocenters.